The van der Waals surface area contributed by atoms with Crippen LogP contribution in [0.3, 0.4) is 0 Å². The number of pyridine rings is 1. The molecule has 0 unspecified atom stereocenters. The van der Waals surface area contributed by atoms with Gasteiger partial charge in [0, 0.05) is 15.9 Å². The molecule has 34 heavy (non-hydrogen) atoms. The molecular weight excluding hydrogens is 461 g/mol. The Balaban J connectivity index is 1.64. The number of nitrogens with one attached hydrogen (secondary N) is 1. The van der Waals surface area contributed by atoms with Crippen molar-refractivity contribution >= 4 is 43.9 Å². The quantitative estimate of drug-likeness (QED) is 0.316. The summed E-state index contributed by atoms with van der Waals surface area (Å²) in [6.45, 7) is 0.0103. The number of thiophene rings is 1. The van der Waals surface area contributed by atoms with Gasteiger partial charge in [0.2, 0.25) is 0 Å². The van der Waals surface area contributed by atoms with Crippen molar-refractivity contribution < 1.29 is 18.0 Å². The highest BCUT2D eigenvalue weighted by molar-refractivity contribution is 7.17. The highest BCUT2D eigenvalue weighted by Crippen LogP contribution is 2.34. The van der Waals surface area contributed by atoms with E-state index in [0.29, 0.717) is 10.9 Å². The highest BCUT2D eigenvalue weighted by Gasteiger charge is 2.32. The van der Waals surface area contributed by atoms with Gasteiger partial charge in [-0.3, -0.25) is 9.59 Å². The third-order valence-electron chi connectivity index (χ3n) is 5.60. The summed E-state index contributed by atoms with van der Waals surface area (Å²) in [6.07, 6.45) is -4.57. The van der Waals surface area contributed by atoms with Crippen LogP contribution in [-0.4, -0.2) is 10.9 Å². The van der Waals surface area contributed by atoms with Gasteiger partial charge in [-0.15, -0.1) is 11.3 Å². The SMILES string of the molecule is O=C(c1cc2ccccc2[nH]c1=O)N(Cc1csc2ccccc12)c1cccc(C(F)(F)F)c1. The van der Waals surface area contributed by atoms with Crippen molar-refractivity contribution in [2.75, 3.05) is 4.90 Å². The van der Waals surface area contributed by atoms with Gasteiger partial charge in [0.1, 0.15) is 5.56 Å². The van der Waals surface area contributed by atoms with Gasteiger partial charge in [-0.1, -0.05) is 42.5 Å². The van der Waals surface area contributed by atoms with Crippen molar-refractivity contribution in [3.05, 3.63) is 111 Å². The number of aromatic amines is 1. The van der Waals surface area contributed by atoms with E-state index in [1.807, 2.05) is 29.6 Å². The van der Waals surface area contributed by atoms with E-state index in [9.17, 15) is 22.8 Å². The van der Waals surface area contributed by atoms with Crippen LogP contribution in [0, 0.1) is 0 Å². The molecule has 2 aromatic heterocycles. The van der Waals surface area contributed by atoms with E-state index in [0.717, 1.165) is 27.8 Å². The Morgan fingerprint density at radius 1 is 0.941 bits per heavy atom. The number of halogens is 3. The number of aromatic nitrogens is 1. The van der Waals surface area contributed by atoms with Crippen LogP contribution in [0.25, 0.3) is 21.0 Å². The summed E-state index contributed by atoms with van der Waals surface area (Å²) < 4.78 is 41.3. The van der Waals surface area contributed by atoms with Gasteiger partial charge in [-0.2, -0.15) is 13.2 Å². The first kappa shape index (κ1) is 21.9. The van der Waals surface area contributed by atoms with Crippen molar-refractivity contribution in [1.29, 1.82) is 0 Å². The van der Waals surface area contributed by atoms with Gasteiger partial charge in [-0.25, -0.2) is 0 Å². The first-order valence-electron chi connectivity index (χ1n) is 10.4. The summed E-state index contributed by atoms with van der Waals surface area (Å²) in [4.78, 5) is 30.3. The van der Waals surface area contributed by atoms with Gasteiger partial charge in [0.25, 0.3) is 11.5 Å². The fourth-order valence-electron chi connectivity index (χ4n) is 3.91. The molecule has 0 saturated carbocycles. The topological polar surface area (TPSA) is 53.2 Å². The van der Waals surface area contributed by atoms with Crippen LogP contribution in [-0.2, 0) is 12.7 Å². The molecule has 5 aromatic rings. The molecule has 0 radical (unpaired) electrons. The predicted molar refractivity (Wildman–Crippen MR) is 128 cm³/mol. The highest BCUT2D eigenvalue weighted by atomic mass is 32.1. The monoisotopic (exact) mass is 478 g/mol. The van der Waals surface area contributed by atoms with E-state index in [4.69, 9.17) is 0 Å². The van der Waals surface area contributed by atoms with Crippen molar-refractivity contribution in [3.8, 4) is 0 Å². The fourth-order valence-corrected chi connectivity index (χ4v) is 4.86. The molecule has 0 saturated heterocycles. The third kappa shape index (κ3) is 4.08. The molecule has 0 spiro atoms. The lowest BCUT2D eigenvalue weighted by Gasteiger charge is -2.24. The molecule has 0 fully saturated rings. The molecule has 2 heterocycles. The number of benzene rings is 3. The standard InChI is InChI=1S/C26H17F3N2O2S/c27-26(28,29)18-7-5-8-19(13-18)31(14-17-15-34-23-11-4-2-9-20(17)23)25(33)21-12-16-6-1-3-10-22(16)30-24(21)32/h1-13,15H,14H2,(H,30,32). The van der Waals surface area contributed by atoms with E-state index >= 15 is 0 Å². The smallest absolute Gasteiger partial charge is 0.321 e. The first-order chi connectivity index (χ1) is 16.3. The molecule has 4 nitrogen and oxygen atoms in total. The summed E-state index contributed by atoms with van der Waals surface area (Å²) in [6, 6.07) is 20.7. The fraction of sp³-hybridized carbons (Fsp3) is 0.0769. The Morgan fingerprint density at radius 2 is 1.71 bits per heavy atom. The number of H-pyrrole nitrogens is 1. The van der Waals surface area contributed by atoms with E-state index < -0.39 is 23.2 Å². The second-order valence-electron chi connectivity index (χ2n) is 7.80. The van der Waals surface area contributed by atoms with Crippen LogP contribution >= 0.6 is 11.3 Å². The number of amides is 1. The van der Waals surface area contributed by atoms with Crippen molar-refractivity contribution in [2.24, 2.45) is 0 Å². The lowest BCUT2D eigenvalue weighted by atomic mass is 10.1. The molecule has 1 N–H and O–H groups in total. The van der Waals surface area contributed by atoms with Crippen LogP contribution < -0.4 is 10.5 Å². The zero-order chi connectivity index (χ0) is 23.9. The molecule has 0 aliphatic rings. The van der Waals surface area contributed by atoms with Gasteiger partial charge >= 0.3 is 6.18 Å². The Hall–Kier alpha value is -3.91. The van der Waals surface area contributed by atoms with Crippen LogP contribution in [0.1, 0.15) is 21.5 Å². The van der Waals surface area contributed by atoms with E-state index in [2.05, 4.69) is 4.98 Å². The molecule has 5 rings (SSSR count). The molecule has 1 amide bonds. The number of para-hydroxylation sites is 1. The molecule has 0 aliphatic heterocycles. The first-order valence-corrected chi connectivity index (χ1v) is 11.3. The van der Waals surface area contributed by atoms with Crippen molar-refractivity contribution in [3.63, 3.8) is 0 Å². The maximum absolute atomic E-state index is 13.7. The number of carbonyl (C=O) groups is 1. The maximum atomic E-state index is 13.7. The van der Waals surface area contributed by atoms with E-state index in [1.54, 1.807) is 24.3 Å². The molecule has 8 heteroatoms. The molecule has 0 bridgehead atoms. The van der Waals surface area contributed by atoms with Crippen LogP contribution in [0.15, 0.2) is 89.0 Å². The normalized spacial score (nSPS) is 11.7. The van der Waals surface area contributed by atoms with Gasteiger partial charge in [0.05, 0.1) is 12.1 Å². The molecule has 0 atom stereocenters. The average molecular weight is 478 g/mol. The lowest BCUT2D eigenvalue weighted by molar-refractivity contribution is -0.137. The van der Waals surface area contributed by atoms with Crippen LogP contribution in [0.4, 0.5) is 18.9 Å². The number of nitrogens with zero attached hydrogens (tertiary/aromatic N) is 1. The number of rotatable bonds is 4. The Bertz CT molecular complexity index is 1590. The minimum atomic E-state index is -4.57. The average Bonchev–Trinajstić information content (AvgIpc) is 3.24. The van der Waals surface area contributed by atoms with Gasteiger partial charge in [-0.05, 0) is 58.1 Å². The van der Waals surface area contributed by atoms with Crippen LogP contribution in [0.5, 0.6) is 0 Å². The number of anilines is 1. The van der Waals surface area contributed by atoms with Crippen molar-refractivity contribution in [1.82, 2.24) is 4.98 Å². The van der Waals surface area contributed by atoms with Crippen molar-refractivity contribution in [2.45, 2.75) is 12.7 Å². The molecular formula is C26H17F3N2O2S. The Kier molecular flexibility index (Phi) is 5.45. The van der Waals surface area contributed by atoms with Crippen LogP contribution in [0.2, 0.25) is 0 Å². The summed E-state index contributed by atoms with van der Waals surface area (Å²) in [5.74, 6) is -0.679. The minimum absolute atomic E-state index is 0.0103. The number of fused-ring (bicyclic) bond motifs is 2. The Morgan fingerprint density at radius 3 is 2.53 bits per heavy atom. The third-order valence-corrected chi connectivity index (χ3v) is 6.62. The predicted octanol–water partition coefficient (Wildman–Crippen LogP) is 6.61. The lowest BCUT2D eigenvalue weighted by Crippen LogP contribution is -2.34. The maximum Gasteiger partial charge on any atom is 0.416 e. The second kappa shape index (κ2) is 8.46. The molecule has 0 aliphatic carbocycles. The zero-order valence-electron chi connectivity index (χ0n) is 17.6. The molecule has 170 valence electrons. The number of hydrogen-bond donors (Lipinski definition) is 1. The van der Waals surface area contributed by atoms with Gasteiger partial charge < -0.3 is 9.88 Å². The number of carbonyl (C=O) groups excluding carboxylic acids is 1. The Labute approximate surface area is 195 Å². The largest absolute Gasteiger partial charge is 0.416 e. The van der Waals surface area contributed by atoms with Gasteiger partial charge in [0.15, 0.2) is 0 Å². The zero-order valence-corrected chi connectivity index (χ0v) is 18.4. The van der Waals surface area contributed by atoms with E-state index in [1.165, 1.54) is 34.4 Å². The summed E-state index contributed by atoms with van der Waals surface area (Å²) >= 11 is 1.49. The number of hydrogen-bond acceptors (Lipinski definition) is 3. The summed E-state index contributed by atoms with van der Waals surface area (Å²) in [5.41, 5.74) is -0.207. The van der Waals surface area contributed by atoms with E-state index in [-0.39, 0.29) is 17.8 Å². The summed E-state index contributed by atoms with van der Waals surface area (Å²) in [7, 11) is 0. The molecule has 3 aromatic carbocycles. The minimum Gasteiger partial charge on any atom is -0.321 e. The second-order valence-corrected chi connectivity index (χ2v) is 8.71. The number of alkyl halides is 3. The summed E-state index contributed by atoms with van der Waals surface area (Å²) in [5, 5.41) is 3.43.